The summed E-state index contributed by atoms with van der Waals surface area (Å²) in [6.07, 6.45) is -0.693. The van der Waals surface area contributed by atoms with Crippen molar-refractivity contribution in [1.29, 1.82) is 0 Å². The van der Waals surface area contributed by atoms with Crippen molar-refractivity contribution >= 4 is 22.4 Å². The zero-order chi connectivity index (χ0) is 21.8. The van der Waals surface area contributed by atoms with Gasteiger partial charge in [-0.15, -0.1) is 11.3 Å². The maximum atomic E-state index is 13.2. The van der Waals surface area contributed by atoms with Crippen LogP contribution in [-0.4, -0.2) is 17.0 Å². The minimum absolute atomic E-state index is 0.286. The number of thiazole rings is 1. The molecule has 0 aliphatic rings. The third kappa shape index (κ3) is 4.98. The first kappa shape index (κ1) is 20.8. The van der Waals surface area contributed by atoms with E-state index in [4.69, 9.17) is 4.74 Å². The summed E-state index contributed by atoms with van der Waals surface area (Å²) in [5, 5.41) is 3.29. The number of nitrogens with zero attached hydrogens (tertiary/aromatic N) is 1. The Bertz CT molecular complexity index is 1170. The Morgan fingerprint density at radius 1 is 0.935 bits per heavy atom. The van der Waals surface area contributed by atoms with E-state index in [1.807, 2.05) is 61.5 Å². The number of hydrogen-bond donors (Lipinski definition) is 1. The fourth-order valence-electron chi connectivity index (χ4n) is 3.15. The lowest BCUT2D eigenvalue weighted by molar-refractivity contribution is -0.122. The van der Waals surface area contributed by atoms with Gasteiger partial charge in [0.15, 0.2) is 11.2 Å². The van der Waals surface area contributed by atoms with Crippen molar-refractivity contribution in [3.05, 3.63) is 89.6 Å². The second-order valence-corrected chi connectivity index (χ2v) is 8.27. The van der Waals surface area contributed by atoms with Crippen LogP contribution in [0.2, 0.25) is 0 Å². The van der Waals surface area contributed by atoms with Crippen molar-refractivity contribution in [2.24, 2.45) is 0 Å². The molecule has 4 rings (SSSR count). The Balaban J connectivity index is 1.40. The number of halogens is 1. The van der Waals surface area contributed by atoms with Crippen LogP contribution in [0, 0.1) is 12.7 Å². The van der Waals surface area contributed by atoms with Gasteiger partial charge >= 0.3 is 0 Å². The van der Waals surface area contributed by atoms with Crippen LogP contribution in [0.5, 0.6) is 5.75 Å². The molecule has 0 bridgehead atoms. The van der Waals surface area contributed by atoms with Gasteiger partial charge in [0, 0.05) is 10.4 Å². The Morgan fingerprint density at radius 3 is 2.23 bits per heavy atom. The van der Waals surface area contributed by atoms with E-state index in [0.29, 0.717) is 10.9 Å². The average Bonchev–Trinajstić information content (AvgIpc) is 3.15. The number of amides is 1. The number of aromatic nitrogens is 1. The van der Waals surface area contributed by atoms with Crippen LogP contribution in [0.15, 0.2) is 78.9 Å². The largest absolute Gasteiger partial charge is 0.481 e. The summed E-state index contributed by atoms with van der Waals surface area (Å²) in [5.74, 6) is 0.0316. The number of ether oxygens (including phenoxy) is 1. The van der Waals surface area contributed by atoms with E-state index in [1.54, 1.807) is 19.1 Å². The molecule has 4 nitrogen and oxygen atoms in total. The molecule has 1 heterocycles. The topological polar surface area (TPSA) is 51.2 Å². The summed E-state index contributed by atoms with van der Waals surface area (Å²) in [6, 6.07) is 23.8. The van der Waals surface area contributed by atoms with Gasteiger partial charge in [0.1, 0.15) is 11.6 Å². The van der Waals surface area contributed by atoms with Crippen LogP contribution in [0.3, 0.4) is 0 Å². The molecule has 1 unspecified atom stereocenters. The normalized spacial score (nSPS) is 11.7. The molecule has 31 heavy (non-hydrogen) atoms. The first-order valence-electron chi connectivity index (χ1n) is 9.86. The zero-order valence-corrected chi connectivity index (χ0v) is 17.9. The molecular formula is C25H21FN2O2S. The maximum Gasteiger partial charge on any atom is 0.266 e. The van der Waals surface area contributed by atoms with Crippen molar-refractivity contribution in [3.63, 3.8) is 0 Å². The number of rotatable bonds is 6. The molecule has 3 aromatic carbocycles. The molecule has 6 heteroatoms. The first-order chi connectivity index (χ1) is 15.0. The highest BCUT2D eigenvalue weighted by Gasteiger charge is 2.18. The van der Waals surface area contributed by atoms with Gasteiger partial charge in [-0.25, -0.2) is 9.37 Å². The monoisotopic (exact) mass is 432 g/mol. The van der Waals surface area contributed by atoms with Crippen molar-refractivity contribution in [2.75, 3.05) is 5.32 Å². The molecule has 1 aromatic heterocycles. The lowest BCUT2D eigenvalue weighted by atomic mass is 10.1. The Kier molecular flexibility index (Phi) is 6.09. The third-order valence-electron chi connectivity index (χ3n) is 4.79. The molecule has 0 saturated heterocycles. The maximum absolute atomic E-state index is 13.2. The quantitative estimate of drug-likeness (QED) is 0.387. The second-order valence-electron chi connectivity index (χ2n) is 7.07. The zero-order valence-electron chi connectivity index (χ0n) is 17.1. The van der Waals surface area contributed by atoms with Gasteiger partial charge in [-0.3, -0.25) is 10.1 Å². The van der Waals surface area contributed by atoms with Crippen LogP contribution in [0.1, 0.15) is 11.8 Å². The minimum Gasteiger partial charge on any atom is -0.481 e. The molecule has 156 valence electrons. The molecule has 0 fully saturated rings. The minimum atomic E-state index is -0.693. The van der Waals surface area contributed by atoms with Crippen molar-refractivity contribution in [1.82, 2.24) is 4.98 Å². The fourth-order valence-corrected chi connectivity index (χ4v) is 3.99. The molecule has 0 aliphatic heterocycles. The molecular weight excluding hydrogens is 411 g/mol. The Labute approximate surface area is 184 Å². The van der Waals surface area contributed by atoms with Crippen LogP contribution < -0.4 is 10.1 Å². The van der Waals surface area contributed by atoms with Crippen molar-refractivity contribution in [2.45, 2.75) is 20.0 Å². The summed E-state index contributed by atoms with van der Waals surface area (Å²) in [7, 11) is 0. The highest BCUT2D eigenvalue weighted by molar-refractivity contribution is 7.16. The van der Waals surface area contributed by atoms with Crippen LogP contribution in [0.4, 0.5) is 9.52 Å². The number of hydrogen-bond acceptors (Lipinski definition) is 4. The predicted molar refractivity (Wildman–Crippen MR) is 123 cm³/mol. The Morgan fingerprint density at radius 2 is 1.55 bits per heavy atom. The van der Waals surface area contributed by atoms with E-state index in [0.717, 1.165) is 27.3 Å². The fraction of sp³-hybridized carbons (Fsp3) is 0.120. The lowest BCUT2D eigenvalue weighted by Crippen LogP contribution is -2.30. The molecule has 4 aromatic rings. The predicted octanol–water partition coefficient (Wildman–Crippen LogP) is 6.33. The Hall–Kier alpha value is -3.51. The van der Waals surface area contributed by atoms with Gasteiger partial charge in [-0.1, -0.05) is 42.5 Å². The molecule has 1 atom stereocenters. The smallest absolute Gasteiger partial charge is 0.266 e. The summed E-state index contributed by atoms with van der Waals surface area (Å²) in [6.45, 7) is 3.61. The molecule has 0 saturated carbocycles. The van der Waals surface area contributed by atoms with Crippen molar-refractivity contribution in [3.8, 4) is 28.1 Å². The number of carbonyl (C=O) groups is 1. The summed E-state index contributed by atoms with van der Waals surface area (Å²) < 4.78 is 19.0. The molecule has 1 amide bonds. The molecule has 0 aliphatic carbocycles. The van der Waals surface area contributed by atoms with E-state index >= 15 is 0 Å². The SMILES string of the molecule is Cc1sc(NC(=O)C(C)Oc2ccc(-c3ccccc3)cc2)nc1-c1ccc(F)cc1. The highest BCUT2D eigenvalue weighted by atomic mass is 32.1. The standard InChI is InChI=1S/C25H21FN2O2S/c1-16(30-22-14-10-19(11-15-22)18-6-4-3-5-7-18)24(29)28-25-27-23(17(2)31-25)20-8-12-21(26)13-9-20/h3-16H,1-2H3,(H,27,28,29). The lowest BCUT2D eigenvalue weighted by Gasteiger charge is -2.14. The van der Waals surface area contributed by atoms with Crippen LogP contribution >= 0.6 is 11.3 Å². The molecule has 0 spiro atoms. The van der Waals surface area contributed by atoms with Gasteiger partial charge in [-0.05, 0) is 61.4 Å². The molecule has 0 radical (unpaired) electrons. The van der Waals surface area contributed by atoms with E-state index in [2.05, 4.69) is 10.3 Å². The third-order valence-corrected chi connectivity index (χ3v) is 5.67. The van der Waals surface area contributed by atoms with Crippen molar-refractivity contribution < 1.29 is 13.9 Å². The van der Waals surface area contributed by atoms with E-state index in [-0.39, 0.29) is 11.7 Å². The number of nitrogens with one attached hydrogen (secondary N) is 1. The van der Waals surface area contributed by atoms with Gasteiger partial charge in [0.2, 0.25) is 0 Å². The first-order valence-corrected chi connectivity index (χ1v) is 10.7. The van der Waals surface area contributed by atoms with Gasteiger partial charge < -0.3 is 4.74 Å². The van der Waals surface area contributed by atoms with Gasteiger partial charge in [-0.2, -0.15) is 0 Å². The van der Waals surface area contributed by atoms with E-state index in [1.165, 1.54) is 23.5 Å². The van der Waals surface area contributed by atoms with E-state index < -0.39 is 6.10 Å². The van der Waals surface area contributed by atoms with Crippen LogP contribution in [0.25, 0.3) is 22.4 Å². The summed E-state index contributed by atoms with van der Waals surface area (Å²) in [4.78, 5) is 18.0. The average molecular weight is 433 g/mol. The van der Waals surface area contributed by atoms with Gasteiger partial charge in [0.25, 0.3) is 5.91 Å². The summed E-state index contributed by atoms with van der Waals surface area (Å²) >= 11 is 1.37. The van der Waals surface area contributed by atoms with Crippen LogP contribution in [-0.2, 0) is 4.79 Å². The molecule has 1 N–H and O–H groups in total. The highest BCUT2D eigenvalue weighted by Crippen LogP contribution is 2.30. The number of carbonyl (C=O) groups excluding carboxylic acids is 1. The number of aryl methyl sites for hydroxylation is 1. The van der Waals surface area contributed by atoms with Gasteiger partial charge in [0.05, 0.1) is 5.69 Å². The number of benzene rings is 3. The summed E-state index contributed by atoms with van der Waals surface area (Å²) in [5.41, 5.74) is 3.73. The van der Waals surface area contributed by atoms with E-state index in [9.17, 15) is 9.18 Å². The number of anilines is 1. The second kappa shape index (κ2) is 9.10.